The first-order chi connectivity index (χ1) is 17.1. The molecule has 1 aliphatic rings. The fourth-order valence-corrected chi connectivity index (χ4v) is 4.77. The Morgan fingerprint density at radius 1 is 1.00 bits per heavy atom. The van der Waals surface area contributed by atoms with Crippen molar-refractivity contribution < 1.29 is 18.7 Å². The molecule has 182 valence electrons. The maximum atomic E-state index is 13.7. The van der Waals surface area contributed by atoms with E-state index >= 15 is 0 Å². The van der Waals surface area contributed by atoms with E-state index in [1.54, 1.807) is 7.11 Å². The van der Waals surface area contributed by atoms with Crippen LogP contribution >= 0.6 is 0 Å². The van der Waals surface area contributed by atoms with Gasteiger partial charge in [0, 0.05) is 44.9 Å². The normalized spacial score (nSPS) is 13.9. The predicted molar refractivity (Wildman–Crippen MR) is 137 cm³/mol. The Morgan fingerprint density at radius 2 is 1.80 bits per heavy atom. The summed E-state index contributed by atoms with van der Waals surface area (Å²) in [6.07, 6.45) is 0. The van der Waals surface area contributed by atoms with Gasteiger partial charge >= 0.3 is 0 Å². The van der Waals surface area contributed by atoms with E-state index < -0.39 is 0 Å². The number of amides is 1. The number of hydrogen-bond acceptors (Lipinski definition) is 5. The Bertz CT molecular complexity index is 1330. The van der Waals surface area contributed by atoms with Gasteiger partial charge in [0.2, 0.25) is 0 Å². The number of furan rings is 1. The summed E-state index contributed by atoms with van der Waals surface area (Å²) in [5.74, 6) is 2.54. The average molecular weight is 474 g/mol. The van der Waals surface area contributed by atoms with Gasteiger partial charge in [-0.15, -0.1) is 0 Å². The second kappa shape index (κ2) is 9.78. The van der Waals surface area contributed by atoms with Crippen LogP contribution in [0.15, 0.2) is 65.1 Å². The van der Waals surface area contributed by atoms with E-state index in [0.717, 1.165) is 52.7 Å². The molecular weight excluding hydrogens is 442 g/mol. The molecule has 0 N–H and O–H groups in total. The van der Waals surface area contributed by atoms with E-state index in [-0.39, 0.29) is 5.91 Å². The van der Waals surface area contributed by atoms with Crippen LogP contribution in [0.5, 0.6) is 11.5 Å². The minimum absolute atomic E-state index is 0.0229. The lowest BCUT2D eigenvalue weighted by molar-refractivity contribution is 0.0736. The smallest absolute Gasteiger partial charge is 0.270 e. The van der Waals surface area contributed by atoms with Crippen LogP contribution in [0.2, 0.25) is 0 Å². The molecule has 0 saturated carbocycles. The number of benzene rings is 2. The van der Waals surface area contributed by atoms with Gasteiger partial charge in [-0.25, -0.2) is 0 Å². The Morgan fingerprint density at radius 3 is 2.57 bits per heavy atom. The van der Waals surface area contributed by atoms with Crippen LogP contribution in [-0.4, -0.2) is 55.3 Å². The number of carbonyl (C=O) groups excluding carboxylic acids is 1. The molecule has 35 heavy (non-hydrogen) atoms. The van der Waals surface area contributed by atoms with Crippen molar-refractivity contribution in [3.05, 3.63) is 77.7 Å². The molecule has 7 nitrogen and oxygen atoms in total. The molecule has 5 rings (SSSR count). The summed E-state index contributed by atoms with van der Waals surface area (Å²) in [5, 5.41) is 0. The minimum atomic E-state index is 0.0229. The summed E-state index contributed by atoms with van der Waals surface area (Å²) in [4.78, 5) is 17.9. The van der Waals surface area contributed by atoms with E-state index in [4.69, 9.17) is 13.9 Å². The zero-order valence-corrected chi connectivity index (χ0v) is 20.5. The zero-order valence-electron chi connectivity index (χ0n) is 20.5. The van der Waals surface area contributed by atoms with Crippen molar-refractivity contribution in [1.82, 2.24) is 9.47 Å². The van der Waals surface area contributed by atoms with Crippen molar-refractivity contribution in [3.8, 4) is 11.5 Å². The van der Waals surface area contributed by atoms with Gasteiger partial charge in [-0.2, -0.15) is 0 Å². The molecule has 1 amide bonds. The average Bonchev–Trinajstić information content (AvgIpc) is 3.41. The highest BCUT2D eigenvalue weighted by molar-refractivity contribution is 5.98. The maximum absolute atomic E-state index is 13.7. The zero-order chi connectivity index (χ0) is 24.4. The Balaban J connectivity index is 1.38. The van der Waals surface area contributed by atoms with Gasteiger partial charge in [0.1, 0.15) is 23.0 Å². The van der Waals surface area contributed by atoms with Gasteiger partial charge in [0.25, 0.3) is 5.91 Å². The largest absolute Gasteiger partial charge is 0.497 e. The van der Waals surface area contributed by atoms with Crippen LogP contribution in [0.1, 0.15) is 28.7 Å². The van der Waals surface area contributed by atoms with Crippen molar-refractivity contribution in [2.24, 2.45) is 0 Å². The van der Waals surface area contributed by atoms with Gasteiger partial charge in [0.05, 0.1) is 24.9 Å². The minimum Gasteiger partial charge on any atom is -0.497 e. The summed E-state index contributed by atoms with van der Waals surface area (Å²) in [7, 11) is 1.66. The molecule has 0 unspecified atom stereocenters. The van der Waals surface area contributed by atoms with Crippen molar-refractivity contribution in [3.63, 3.8) is 0 Å². The van der Waals surface area contributed by atoms with Gasteiger partial charge in [0.15, 0.2) is 5.58 Å². The molecule has 0 atom stereocenters. The van der Waals surface area contributed by atoms with Gasteiger partial charge in [-0.05, 0) is 43.7 Å². The molecule has 0 radical (unpaired) electrons. The molecule has 1 aliphatic heterocycles. The van der Waals surface area contributed by atoms with Crippen LogP contribution in [0.4, 0.5) is 5.69 Å². The van der Waals surface area contributed by atoms with Crippen LogP contribution in [0.25, 0.3) is 11.1 Å². The number of anilines is 1. The number of aryl methyl sites for hydroxylation is 1. The number of piperazine rings is 1. The van der Waals surface area contributed by atoms with E-state index in [2.05, 4.69) is 15.5 Å². The summed E-state index contributed by atoms with van der Waals surface area (Å²) in [5.41, 5.74) is 4.45. The lowest BCUT2D eigenvalue weighted by Crippen LogP contribution is -2.49. The van der Waals surface area contributed by atoms with Crippen molar-refractivity contribution in [2.75, 3.05) is 44.8 Å². The number of rotatable bonds is 7. The van der Waals surface area contributed by atoms with E-state index in [0.29, 0.717) is 31.9 Å². The highest BCUT2D eigenvalue weighted by Crippen LogP contribution is 2.30. The number of methoxy groups -OCH3 is 1. The number of aromatic nitrogens is 1. The lowest BCUT2D eigenvalue weighted by atomic mass is 10.2. The Kier molecular flexibility index (Phi) is 6.40. The number of hydrogen-bond donors (Lipinski definition) is 0. The standard InChI is InChI=1S/C28H31N3O4/c1-4-34-26-11-6-5-10-23(26)29-12-14-30(15-13-29)28(32)25-18-27-24(16-20(2)35-27)31(25)19-21-8-7-9-22(17-21)33-3/h5-11,16-18H,4,12-15,19H2,1-3H3. The number of ether oxygens (including phenoxy) is 2. The number of fused-ring (bicyclic) bond motifs is 1. The highest BCUT2D eigenvalue weighted by Gasteiger charge is 2.27. The third kappa shape index (κ3) is 4.58. The predicted octanol–water partition coefficient (Wildman–Crippen LogP) is 4.96. The van der Waals surface area contributed by atoms with Gasteiger partial charge < -0.3 is 28.3 Å². The van der Waals surface area contributed by atoms with Crippen LogP contribution in [0.3, 0.4) is 0 Å². The van der Waals surface area contributed by atoms with Gasteiger partial charge in [-0.1, -0.05) is 24.3 Å². The van der Waals surface area contributed by atoms with E-state index in [9.17, 15) is 4.79 Å². The van der Waals surface area contributed by atoms with Crippen LogP contribution < -0.4 is 14.4 Å². The molecule has 0 aliphatic carbocycles. The first-order valence-corrected chi connectivity index (χ1v) is 12.1. The SMILES string of the molecule is CCOc1ccccc1N1CCN(C(=O)c2cc3oc(C)cc3n2Cc2cccc(OC)c2)CC1. The molecule has 0 spiro atoms. The Labute approximate surface area is 205 Å². The topological polar surface area (TPSA) is 60.1 Å². The second-order valence-electron chi connectivity index (χ2n) is 8.75. The second-order valence-corrected chi connectivity index (χ2v) is 8.75. The molecule has 2 aromatic carbocycles. The summed E-state index contributed by atoms with van der Waals surface area (Å²) < 4.78 is 19.1. The van der Waals surface area contributed by atoms with Crippen LogP contribution in [0, 0.1) is 6.92 Å². The molecule has 7 heteroatoms. The maximum Gasteiger partial charge on any atom is 0.270 e. The van der Waals surface area contributed by atoms with E-state index in [1.807, 2.05) is 73.3 Å². The fraction of sp³-hybridized carbons (Fsp3) is 0.321. The molecule has 2 aromatic heterocycles. The summed E-state index contributed by atoms with van der Waals surface area (Å²) in [6, 6.07) is 19.9. The summed E-state index contributed by atoms with van der Waals surface area (Å²) >= 11 is 0. The van der Waals surface area contributed by atoms with Crippen LogP contribution in [-0.2, 0) is 6.54 Å². The molecule has 4 aromatic rings. The molecule has 1 saturated heterocycles. The first kappa shape index (κ1) is 22.9. The molecule has 1 fully saturated rings. The Hall–Kier alpha value is -3.87. The molecular formula is C28H31N3O4. The summed E-state index contributed by atoms with van der Waals surface area (Å²) in [6.45, 7) is 7.89. The van der Waals surface area contributed by atoms with Crippen molar-refractivity contribution in [1.29, 1.82) is 0 Å². The quantitative estimate of drug-likeness (QED) is 0.380. The third-order valence-electron chi connectivity index (χ3n) is 6.48. The highest BCUT2D eigenvalue weighted by atomic mass is 16.5. The molecule has 0 bridgehead atoms. The number of nitrogens with zero attached hydrogens (tertiary/aromatic N) is 3. The lowest BCUT2D eigenvalue weighted by Gasteiger charge is -2.36. The number of para-hydroxylation sites is 2. The van der Waals surface area contributed by atoms with E-state index in [1.165, 1.54) is 0 Å². The molecule has 3 heterocycles. The first-order valence-electron chi connectivity index (χ1n) is 12.1. The fourth-order valence-electron chi connectivity index (χ4n) is 4.77. The van der Waals surface area contributed by atoms with Gasteiger partial charge in [-0.3, -0.25) is 4.79 Å². The monoisotopic (exact) mass is 473 g/mol. The van der Waals surface area contributed by atoms with Crippen molar-refractivity contribution >= 4 is 22.7 Å². The third-order valence-corrected chi connectivity index (χ3v) is 6.48. The number of carbonyl (C=O) groups is 1. The van der Waals surface area contributed by atoms with Crippen molar-refractivity contribution in [2.45, 2.75) is 20.4 Å².